The average Bonchev–Trinajstić information content (AvgIpc) is 3.24. The molecule has 5 nitrogen and oxygen atoms in total. The first-order chi connectivity index (χ1) is 12.7. The third-order valence-electron chi connectivity index (χ3n) is 3.49. The van der Waals surface area contributed by atoms with Gasteiger partial charge in [0.25, 0.3) is 5.19 Å². The molecule has 0 amide bonds. The van der Waals surface area contributed by atoms with E-state index in [-0.39, 0.29) is 0 Å². The van der Waals surface area contributed by atoms with Gasteiger partial charge in [0, 0.05) is 24.4 Å². The largest absolute Gasteiger partial charge is 0.448 e. The standard InChI is InChI=1S/C18H14BrN3O2S2/c1-22-10-17(26-21-22)23-14-7-5-12(6-8-14)13-3-2-4-15(9-13)24-18-20-16(19)11-25-18/h2-11,21H,1H3. The van der Waals surface area contributed by atoms with Gasteiger partial charge < -0.3 is 14.5 Å². The normalized spacial score (nSPS) is 13.6. The van der Waals surface area contributed by atoms with E-state index in [0.717, 1.165) is 32.3 Å². The number of hydrogen-bond donors (Lipinski definition) is 1. The second-order valence-electron chi connectivity index (χ2n) is 5.44. The van der Waals surface area contributed by atoms with Gasteiger partial charge in [0.15, 0.2) is 5.09 Å². The molecule has 1 aliphatic rings. The highest BCUT2D eigenvalue weighted by molar-refractivity contribution is 9.10. The van der Waals surface area contributed by atoms with Crippen LogP contribution < -0.4 is 14.3 Å². The van der Waals surface area contributed by atoms with Gasteiger partial charge in [0.2, 0.25) is 0 Å². The molecule has 3 aromatic rings. The van der Waals surface area contributed by atoms with Crippen molar-refractivity contribution in [3.63, 3.8) is 0 Å². The molecule has 0 atom stereocenters. The van der Waals surface area contributed by atoms with Crippen LogP contribution in [0.2, 0.25) is 0 Å². The molecule has 0 unspecified atom stereocenters. The number of rotatable bonds is 5. The summed E-state index contributed by atoms with van der Waals surface area (Å²) in [7, 11) is 1.92. The lowest BCUT2D eigenvalue weighted by Gasteiger charge is -2.08. The molecular formula is C18H14BrN3O2S2. The van der Waals surface area contributed by atoms with Gasteiger partial charge in [-0.3, -0.25) is 0 Å². The number of ether oxygens (including phenoxy) is 2. The third kappa shape index (κ3) is 4.21. The fraction of sp³-hybridized carbons (Fsp3) is 0.0556. The Hall–Kier alpha value is -2.00. The molecule has 8 heteroatoms. The van der Waals surface area contributed by atoms with E-state index in [1.165, 1.54) is 23.3 Å². The third-order valence-corrected chi connectivity index (χ3v) is 5.69. The Balaban J connectivity index is 1.48. The van der Waals surface area contributed by atoms with Crippen LogP contribution in [-0.4, -0.2) is 17.0 Å². The lowest BCUT2D eigenvalue weighted by molar-refractivity contribution is 0.420. The predicted octanol–water partition coefficient (Wildman–Crippen LogP) is 5.64. The van der Waals surface area contributed by atoms with Crippen molar-refractivity contribution in [3.8, 4) is 27.8 Å². The van der Waals surface area contributed by atoms with Gasteiger partial charge in [-0.05, 0) is 51.3 Å². The molecule has 0 aliphatic carbocycles. The second-order valence-corrected chi connectivity index (χ2v) is 7.87. The Bertz CT molecular complexity index is 944. The van der Waals surface area contributed by atoms with Gasteiger partial charge in [-0.25, -0.2) is 0 Å². The van der Waals surface area contributed by atoms with Crippen molar-refractivity contribution in [1.82, 2.24) is 14.8 Å². The molecule has 2 aromatic carbocycles. The highest BCUT2D eigenvalue weighted by Crippen LogP contribution is 2.31. The minimum Gasteiger partial charge on any atom is -0.448 e. The molecule has 1 aliphatic heterocycles. The van der Waals surface area contributed by atoms with Gasteiger partial charge in [-0.1, -0.05) is 35.6 Å². The van der Waals surface area contributed by atoms with E-state index in [2.05, 4.69) is 31.8 Å². The first-order valence-electron chi connectivity index (χ1n) is 7.70. The van der Waals surface area contributed by atoms with Gasteiger partial charge in [0.05, 0.1) is 6.20 Å². The van der Waals surface area contributed by atoms with Crippen LogP contribution in [-0.2, 0) is 0 Å². The summed E-state index contributed by atoms with van der Waals surface area (Å²) in [5.74, 6) is 1.55. The summed E-state index contributed by atoms with van der Waals surface area (Å²) < 4.78 is 12.4. The van der Waals surface area contributed by atoms with Crippen LogP contribution >= 0.6 is 39.2 Å². The van der Waals surface area contributed by atoms with Crippen molar-refractivity contribution in [2.75, 3.05) is 7.05 Å². The van der Waals surface area contributed by atoms with E-state index >= 15 is 0 Å². The van der Waals surface area contributed by atoms with Crippen LogP contribution in [0.15, 0.2) is 69.8 Å². The molecular weight excluding hydrogens is 434 g/mol. The predicted molar refractivity (Wildman–Crippen MR) is 109 cm³/mol. The molecule has 2 heterocycles. The smallest absolute Gasteiger partial charge is 0.279 e. The zero-order valence-corrected chi connectivity index (χ0v) is 16.9. The lowest BCUT2D eigenvalue weighted by Crippen LogP contribution is -2.17. The minimum absolute atomic E-state index is 0.610. The van der Waals surface area contributed by atoms with Gasteiger partial charge in [-0.2, -0.15) is 9.82 Å². The van der Waals surface area contributed by atoms with Crippen molar-refractivity contribution in [3.05, 3.63) is 69.8 Å². The molecule has 0 saturated carbocycles. The van der Waals surface area contributed by atoms with E-state index in [0.29, 0.717) is 5.19 Å². The molecule has 0 radical (unpaired) electrons. The lowest BCUT2D eigenvalue weighted by atomic mass is 10.1. The van der Waals surface area contributed by atoms with Crippen molar-refractivity contribution in [1.29, 1.82) is 0 Å². The maximum atomic E-state index is 5.83. The topological polar surface area (TPSA) is 46.6 Å². The van der Waals surface area contributed by atoms with E-state index in [1.54, 1.807) is 0 Å². The van der Waals surface area contributed by atoms with E-state index < -0.39 is 0 Å². The Morgan fingerprint density at radius 3 is 2.58 bits per heavy atom. The van der Waals surface area contributed by atoms with Crippen LogP contribution in [0, 0.1) is 0 Å². The van der Waals surface area contributed by atoms with Crippen LogP contribution in [0.3, 0.4) is 0 Å². The minimum atomic E-state index is 0.610. The zero-order chi connectivity index (χ0) is 17.9. The van der Waals surface area contributed by atoms with Crippen LogP contribution in [0.5, 0.6) is 16.7 Å². The first kappa shape index (κ1) is 17.4. The number of hydrogen-bond acceptors (Lipinski definition) is 7. The highest BCUT2D eigenvalue weighted by Gasteiger charge is 2.11. The number of nitrogens with zero attached hydrogens (tertiary/aromatic N) is 2. The van der Waals surface area contributed by atoms with Gasteiger partial charge in [0.1, 0.15) is 16.1 Å². The van der Waals surface area contributed by atoms with Crippen LogP contribution in [0.25, 0.3) is 11.1 Å². The monoisotopic (exact) mass is 447 g/mol. The summed E-state index contributed by atoms with van der Waals surface area (Å²) >= 11 is 6.22. The summed E-state index contributed by atoms with van der Waals surface area (Å²) in [6.07, 6.45) is 1.90. The molecule has 0 fully saturated rings. The van der Waals surface area contributed by atoms with Crippen LogP contribution in [0.1, 0.15) is 0 Å². The summed E-state index contributed by atoms with van der Waals surface area (Å²) in [6, 6.07) is 15.9. The number of thiazole rings is 1. The Morgan fingerprint density at radius 2 is 1.88 bits per heavy atom. The maximum absolute atomic E-state index is 5.83. The van der Waals surface area contributed by atoms with E-state index in [4.69, 9.17) is 9.47 Å². The van der Waals surface area contributed by atoms with Gasteiger partial charge >= 0.3 is 0 Å². The summed E-state index contributed by atoms with van der Waals surface area (Å²) in [6.45, 7) is 0. The molecule has 1 N–H and O–H groups in total. The Morgan fingerprint density at radius 1 is 1.04 bits per heavy atom. The molecule has 4 rings (SSSR count). The quantitative estimate of drug-likeness (QED) is 0.510. The zero-order valence-electron chi connectivity index (χ0n) is 13.7. The molecule has 26 heavy (non-hydrogen) atoms. The summed E-state index contributed by atoms with van der Waals surface area (Å²) in [4.78, 5) is 7.32. The van der Waals surface area contributed by atoms with Gasteiger partial charge in [-0.15, -0.1) is 0 Å². The van der Waals surface area contributed by atoms with E-state index in [9.17, 15) is 0 Å². The SMILES string of the molecule is CN1C=C(Oc2ccc(-c3cccc(Oc4nc(Br)cs4)c3)cc2)SN1. The fourth-order valence-electron chi connectivity index (χ4n) is 2.33. The first-order valence-corrected chi connectivity index (χ1v) is 10.2. The van der Waals surface area contributed by atoms with E-state index in [1.807, 2.05) is 66.1 Å². The van der Waals surface area contributed by atoms with Crippen molar-refractivity contribution in [2.24, 2.45) is 0 Å². The average molecular weight is 448 g/mol. The van der Waals surface area contributed by atoms with Crippen molar-refractivity contribution in [2.45, 2.75) is 0 Å². The molecule has 0 spiro atoms. The molecule has 0 saturated heterocycles. The fourth-order valence-corrected chi connectivity index (χ4v) is 4.07. The van der Waals surface area contributed by atoms with Crippen molar-refractivity contribution >= 4 is 39.2 Å². The summed E-state index contributed by atoms with van der Waals surface area (Å²) in [5.41, 5.74) is 2.16. The number of aromatic nitrogens is 1. The summed E-state index contributed by atoms with van der Waals surface area (Å²) in [5, 5.41) is 5.16. The molecule has 1 aromatic heterocycles. The maximum Gasteiger partial charge on any atom is 0.279 e. The second kappa shape index (κ2) is 7.71. The highest BCUT2D eigenvalue weighted by atomic mass is 79.9. The van der Waals surface area contributed by atoms with Crippen molar-refractivity contribution < 1.29 is 9.47 Å². The number of nitrogens with one attached hydrogen (secondary N) is 1. The number of halogens is 1. The Labute approximate surface area is 167 Å². The van der Waals surface area contributed by atoms with Crippen LogP contribution in [0.4, 0.5) is 0 Å². The number of benzene rings is 2. The molecule has 0 bridgehead atoms. The number of hydrazine groups is 1. The molecule has 132 valence electrons. The Kier molecular flexibility index (Phi) is 5.16.